The van der Waals surface area contributed by atoms with Crippen molar-refractivity contribution in [3.05, 3.63) is 59.2 Å². The Labute approximate surface area is 148 Å². The summed E-state index contributed by atoms with van der Waals surface area (Å²) in [5.41, 5.74) is 2.13. The molecule has 1 aromatic carbocycles. The first-order chi connectivity index (χ1) is 11.6. The maximum absolute atomic E-state index is 14.2. The second kappa shape index (κ2) is 9.64. The highest BCUT2D eigenvalue weighted by Gasteiger charge is 2.18. The first kappa shape index (κ1) is 18.7. The lowest BCUT2D eigenvalue weighted by Crippen LogP contribution is -2.11. The molecule has 1 aromatic rings. The predicted molar refractivity (Wildman–Crippen MR) is 96.8 cm³/mol. The lowest BCUT2D eigenvalue weighted by molar-refractivity contribution is 0.365. The maximum atomic E-state index is 14.2. The molecule has 1 fully saturated rings. The minimum atomic E-state index is -0.560. The van der Waals surface area contributed by atoms with Crippen molar-refractivity contribution in [1.29, 1.82) is 0 Å². The molecule has 0 spiro atoms. The molecule has 1 aliphatic carbocycles. The minimum Gasteiger partial charge on any atom is -0.206 e. The Morgan fingerprint density at radius 2 is 1.83 bits per heavy atom. The van der Waals surface area contributed by atoms with Crippen molar-refractivity contribution in [2.45, 2.75) is 44.9 Å². The lowest BCUT2D eigenvalue weighted by Gasteiger charge is -2.22. The van der Waals surface area contributed by atoms with Gasteiger partial charge in [0, 0.05) is 11.5 Å². The van der Waals surface area contributed by atoms with Crippen molar-refractivity contribution in [3.63, 3.8) is 0 Å². The molecule has 0 heterocycles. The summed E-state index contributed by atoms with van der Waals surface area (Å²) in [6, 6.07) is 2.80. The molecule has 0 nitrogen and oxygen atoms in total. The third-order valence-electron chi connectivity index (χ3n) is 4.49. The van der Waals surface area contributed by atoms with E-state index in [1.165, 1.54) is 12.1 Å². The van der Waals surface area contributed by atoms with Gasteiger partial charge in [-0.2, -0.15) is 0 Å². The van der Waals surface area contributed by atoms with E-state index in [0.29, 0.717) is 17.9 Å². The zero-order chi connectivity index (χ0) is 17.4. The van der Waals surface area contributed by atoms with Gasteiger partial charge in [0.1, 0.15) is 11.6 Å². The quantitative estimate of drug-likeness (QED) is 0.329. The van der Waals surface area contributed by atoms with Crippen LogP contribution in [0.15, 0.2) is 36.4 Å². The molecule has 0 atom stereocenters. The fraction of sp³-hybridized carbons (Fsp3) is 0.429. The Balaban J connectivity index is 2.02. The van der Waals surface area contributed by atoms with E-state index >= 15 is 0 Å². The molecule has 0 saturated heterocycles. The van der Waals surface area contributed by atoms with Gasteiger partial charge < -0.3 is 0 Å². The Kier molecular flexibility index (Phi) is 7.53. The molecule has 2 rings (SSSR count). The zero-order valence-corrected chi connectivity index (χ0v) is 14.6. The van der Waals surface area contributed by atoms with Crippen molar-refractivity contribution >= 4 is 11.6 Å². The summed E-state index contributed by atoms with van der Waals surface area (Å²) in [6.07, 6.45) is 10.1. The first-order valence-electron chi connectivity index (χ1n) is 8.51. The molecule has 0 radical (unpaired) electrons. The van der Waals surface area contributed by atoms with Gasteiger partial charge in [0.25, 0.3) is 0 Å². The Morgan fingerprint density at radius 3 is 2.42 bits per heavy atom. The molecule has 1 saturated carbocycles. The van der Waals surface area contributed by atoms with Gasteiger partial charge in [-0.15, -0.1) is 6.58 Å². The summed E-state index contributed by atoms with van der Waals surface area (Å²) in [7, 11) is 0. The summed E-state index contributed by atoms with van der Waals surface area (Å²) >= 11 is 5.60. The van der Waals surface area contributed by atoms with E-state index < -0.39 is 11.6 Å². The van der Waals surface area contributed by atoms with Crippen LogP contribution in [0.25, 0.3) is 0 Å². The number of aryl methyl sites for hydroxylation is 1. The summed E-state index contributed by atoms with van der Waals surface area (Å²) in [5.74, 6) is 5.37. The Morgan fingerprint density at radius 1 is 1.17 bits per heavy atom. The van der Waals surface area contributed by atoms with Crippen LogP contribution in [0.4, 0.5) is 8.78 Å². The second-order valence-corrected chi connectivity index (χ2v) is 6.57. The molecule has 128 valence electrons. The van der Waals surface area contributed by atoms with Crippen LogP contribution in [0.1, 0.15) is 49.7 Å². The van der Waals surface area contributed by atoms with E-state index in [0.717, 1.165) is 38.5 Å². The molecule has 0 aliphatic heterocycles. The molecule has 0 unspecified atom stereocenters. The van der Waals surface area contributed by atoms with Crippen LogP contribution >= 0.6 is 11.6 Å². The van der Waals surface area contributed by atoms with Crippen LogP contribution in [-0.4, -0.2) is 0 Å². The minimum absolute atomic E-state index is 0.106. The third kappa shape index (κ3) is 5.49. The highest BCUT2D eigenvalue weighted by molar-refractivity contribution is 6.25. The second-order valence-electron chi connectivity index (χ2n) is 6.31. The number of hydrogen-bond acceptors (Lipinski definition) is 0. The summed E-state index contributed by atoms with van der Waals surface area (Å²) in [4.78, 5) is 0. The number of rotatable bonds is 5. The Hall–Kier alpha value is -1.59. The molecular formula is C21H23ClF2. The van der Waals surface area contributed by atoms with E-state index in [1.54, 1.807) is 5.54 Å². The SMILES string of the molecule is C=CCCCc1cc(F)c(C#C[C@H]2CC[C@H](C=CCl)CC2)c(F)c1. The van der Waals surface area contributed by atoms with Crippen LogP contribution in [0.5, 0.6) is 0 Å². The first-order valence-corrected chi connectivity index (χ1v) is 8.95. The Bertz CT molecular complexity index is 621. The van der Waals surface area contributed by atoms with Gasteiger partial charge in [-0.3, -0.25) is 0 Å². The number of halogens is 3. The van der Waals surface area contributed by atoms with Crippen LogP contribution in [0, 0.1) is 35.3 Å². The normalized spacial score (nSPS) is 20.6. The van der Waals surface area contributed by atoms with Gasteiger partial charge in [-0.05, 0) is 68.6 Å². The van der Waals surface area contributed by atoms with Gasteiger partial charge in [-0.1, -0.05) is 35.6 Å². The smallest absolute Gasteiger partial charge is 0.142 e. The van der Waals surface area contributed by atoms with Crippen LogP contribution < -0.4 is 0 Å². The van der Waals surface area contributed by atoms with Crippen molar-refractivity contribution < 1.29 is 8.78 Å². The summed E-state index contributed by atoms with van der Waals surface area (Å²) < 4.78 is 28.3. The van der Waals surface area contributed by atoms with Crippen LogP contribution in [0.3, 0.4) is 0 Å². The average molecular weight is 349 g/mol. The predicted octanol–water partition coefficient (Wildman–Crippen LogP) is 6.38. The van der Waals surface area contributed by atoms with Crippen molar-refractivity contribution in [2.75, 3.05) is 0 Å². The van der Waals surface area contributed by atoms with Gasteiger partial charge in [-0.25, -0.2) is 8.78 Å². The fourth-order valence-electron chi connectivity index (χ4n) is 3.07. The summed E-state index contributed by atoms with van der Waals surface area (Å²) in [6.45, 7) is 3.65. The molecule has 24 heavy (non-hydrogen) atoms. The standard InChI is InChI=1S/C21H23ClF2/c1-2-3-4-5-18-14-20(23)19(21(24)15-18)11-10-16-6-8-17(9-7-16)12-13-22/h2,12-17H,1,3-9H2/t16-,17-. The molecule has 3 heteroatoms. The molecule has 0 bridgehead atoms. The number of unbranched alkanes of at least 4 members (excludes halogenated alkanes) is 1. The molecular weight excluding hydrogens is 326 g/mol. The number of benzene rings is 1. The van der Waals surface area contributed by atoms with Gasteiger partial charge in [0.05, 0.1) is 5.56 Å². The van der Waals surface area contributed by atoms with E-state index in [-0.39, 0.29) is 11.5 Å². The summed E-state index contributed by atoms with van der Waals surface area (Å²) in [5, 5.41) is 0. The number of allylic oxidation sites excluding steroid dienone is 2. The van der Waals surface area contributed by atoms with E-state index in [4.69, 9.17) is 11.6 Å². The highest BCUT2D eigenvalue weighted by Crippen LogP contribution is 2.29. The molecule has 1 aliphatic rings. The maximum Gasteiger partial charge on any atom is 0.142 e. The fourth-order valence-corrected chi connectivity index (χ4v) is 3.28. The lowest BCUT2D eigenvalue weighted by atomic mass is 9.82. The monoisotopic (exact) mass is 348 g/mol. The van der Waals surface area contributed by atoms with E-state index in [9.17, 15) is 8.78 Å². The van der Waals surface area contributed by atoms with Crippen molar-refractivity contribution in [3.8, 4) is 11.8 Å². The van der Waals surface area contributed by atoms with Crippen molar-refractivity contribution in [1.82, 2.24) is 0 Å². The van der Waals surface area contributed by atoms with E-state index in [2.05, 4.69) is 18.4 Å². The zero-order valence-electron chi connectivity index (χ0n) is 13.8. The highest BCUT2D eigenvalue weighted by atomic mass is 35.5. The molecule has 0 amide bonds. The largest absolute Gasteiger partial charge is 0.206 e. The third-order valence-corrected chi connectivity index (χ3v) is 4.64. The van der Waals surface area contributed by atoms with Gasteiger partial charge >= 0.3 is 0 Å². The van der Waals surface area contributed by atoms with Gasteiger partial charge in [0.15, 0.2) is 0 Å². The van der Waals surface area contributed by atoms with Crippen molar-refractivity contribution in [2.24, 2.45) is 11.8 Å². The topological polar surface area (TPSA) is 0 Å². The van der Waals surface area contributed by atoms with Crippen LogP contribution in [-0.2, 0) is 6.42 Å². The number of hydrogen-bond donors (Lipinski definition) is 0. The van der Waals surface area contributed by atoms with Gasteiger partial charge in [0.2, 0.25) is 0 Å². The molecule has 0 N–H and O–H groups in total. The van der Waals surface area contributed by atoms with Crippen LogP contribution in [0.2, 0.25) is 0 Å². The average Bonchev–Trinajstić information content (AvgIpc) is 2.56. The van der Waals surface area contributed by atoms with E-state index in [1.807, 2.05) is 12.2 Å². The molecule has 0 aromatic heterocycles.